The van der Waals surface area contributed by atoms with Crippen LogP contribution in [-0.4, -0.2) is 22.2 Å². The molecular formula is C12H12N2O4. The number of nitrogens with zero attached hydrogens (tertiary/aromatic N) is 2. The summed E-state index contributed by atoms with van der Waals surface area (Å²) in [4.78, 5) is 35.3. The highest BCUT2D eigenvalue weighted by Gasteiger charge is 2.13. The first-order valence-corrected chi connectivity index (χ1v) is 5.31. The zero-order chi connectivity index (χ0) is 13.3. The Bertz CT molecular complexity index is 727. The van der Waals surface area contributed by atoms with E-state index < -0.39 is 17.2 Å². The number of benzene rings is 1. The SMILES string of the molecule is COC(=O)Cn1c(=O)c2ccccc2n(C)c1=O. The summed E-state index contributed by atoms with van der Waals surface area (Å²) < 4.78 is 6.67. The van der Waals surface area contributed by atoms with Crippen molar-refractivity contribution >= 4 is 16.9 Å². The van der Waals surface area contributed by atoms with Crippen molar-refractivity contribution in [2.75, 3.05) is 7.11 Å². The minimum absolute atomic E-state index is 0.382. The number of carbonyl (C=O) groups is 1. The van der Waals surface area contributed by atoms with Crippen molar-refractivity contribution < 1.29 is 9.53 Å². The Morgan fingerprint density at radius 2 is 1.94 bits per heavy atom. The molecule has 94 valence electrons. The highest BCUT2D eigenvalue weighted by Crippen LogP contribution is 2.05. The first kappa shape index (κ1) is 12.1. The predicted molar refractivity (Wildman–Crippen MR) is 65.5 cm³/mol. The molecule has 0 N–H and O–H groups in total. The summed E-state index contributed by atoms with van der Waals surface area (Å²) in [5.41, 5.74) is -0.489. The fourth-order valence-corrected chi connectivity index (χ4v) is 1.80. The molecule has 0 unspecified atom stereocenters. The fraction of sp³-hybridized carbons (Fsp3) is 0.250. The summed E-state index contributed by atoms with van der Waals surface area (Å²) >= 11 is 0. The van der Waals surface area contributed by atoms with E-state index in [4.69, 9.17) is 0 Å². The highest BCUT2D eigenvalue weighted by molar-refractivity contribution is 5.78. The quantitative estimate of drug-likeness (QED) is 0.694. The van der Waals surface area contributed by atoms with Crippen molar-refractivity contribution in [1.29, 1.82) is 0 Å². The Labute approximate surface area is 102 Å². The lowest BCUT2D eigenvalue weighted by Gasteiger charge is -2.09. The zero-order valence-corrected chi connectivity index (χ0v) is 10.0. The number of fused-ring (bicyclic) bond motifs is 1. The number of methoxy groups -OCH3 is 1. The molecule has 0 fully saturated rings. The van der Waals surface area contributed by atoms with Crippen molar-refractivity contribution in [2.45, 2.75) is 6.54 Å². The van der Waals surface area contributed by atoms with E-state index in [1.807, 2.05) is 0 Å². The van der Waals surface area contributed by atoms with Gasteiger partial charge in [0.15, 0.2) is 0 Å². The third-order valence-corrected chi connectivity index (χ3v) is 2.77. The van der Waals surface area contributed by atoms with Gasteiger partial charge >= 0.3 is 11.7 Å². The van der Waals surface area contributed by atoms with Gasteiger partial charge in [-0.2, -0.15) is 0 Å². The Balaban J connectivity index is 2.79. The van der Waals surface area contributed by atoms with Gasteiger partial charge in [0, 0.05) is 7.05 Å². The van der Waals surface area contributed by atoms with Crippen LogP contribution in [0, 0.1) is 0 Å². The van der Waals surface area contributed by atoms with Crippen LogP contribution in [0.3, 0.4) is 0 Å². The second kappa shape index (κ2) is 4.48. The van der Waals surface area contributed by atoms with Gasteiger partial charge in [0.25, 0.3) is 5.56 Å². The summed E-state index contributed by atoms with van der Waals surface area (Å²) in [5.74, 6) is -0.635. The first-order valence-electron chi connectivity index (χ1n) is 5.31. The second-order valence-electron chi connectivity index (χ2n) is 3.83. The molecule has 0 aliphatic rings. The number of rotatable bonds is 2. The van der Waals surface area contributed by atoms with Crippen molar-refractivity contribution in [3.05, 3.63) is 45.1 Å². The van der Waals surface area contributed by atoms with Crippen molar-refractivity contribution in [3.63, 3.8) is 0 Å². The number of ether oxygens (including phenoxy) is 1. The molecule has 0 bridgehead atoms. The first-order chi connectivity index (χ1) is 8.56. The van der Waals surface area contributed by atoms with E-state index in [9.17, 15) is 14.4 Å². The number of aryl methyl sites for hydroxylation is 1. The Morgan fingerprint density at radius 1 is 1.28 bits per heavy atom. The summed E-state index contributed by atoms with van der Waals surface area (Å²) in [6.07, 6.45) is 0. The summed E-state index contributed by atoms with van der Waals surface area (Å²) in [7, 11) is 2.76. The fourth-order valence-electron chi connectivity index (χ4n) is 1.80. The maximum absolute atomic E-state index is 12.1. The molecule has 0 aliphatic heterocycles. The molecular weight excluding hydrogens is 236 g/mol. The number of carbonyl (C=O) groups excluding carboxylic acids is 1. The Morgan fingerprint density at radius 3 is 2.61 bits per heavy atom. The molecule has 1 aromatic carbocycles. The number of para-hydroxylation sites is 1. The molecule has 6 nitrogen and oxygen atoms in total. The number of aromatic nitrogens is 2. The third-order valence-electron chi connectivity index (χ3n) is 2.77. The van der Waals surface area contributed by atoms with E-state index in [0.717, 1.165) is 4.57 Å². The lowest BCUT2D eigenvalue weighted by molar-refractivity contribution is -0.141. The van der Waals surface area contributed by atoms with Gasteiger partial charge in [0.2, 0.25) is 0 Å². The van der Waals surface area contributed by atoms with Gasteiger partial charge < -0.3 is 4.74 Å². The molecule has 0 amide bonds. The van der Waals surface area contributed by atoms with Crippen LogP contribution in [-0.2, 0) is 23.1 Å². The minimum atomic E-state index is -0.635. The van der Waals surface area contributed by atoms with E-state index in [1.54, 1.807) is 31.3 Å². The average molecular weight is 248 g/mol. The molecule has 1 aromatic heterocycles. The van der Waals surface area contributed by atoms with Crippen LogP contribution >= 0.6 is 0 Å². The smallest absolute Gasteiger partial charge is 0.331 e. The maximum atomic E-state index is 12.1. The summed E-state index contributed by atoms with van der Waals surface area (Å²) in [5, 5.41) is 0.392. The third kappa shape index (κ3) is 1.81. The number of hydrogen-bond acceptors (Lipinski definition) is 4. The molecule has 0 saturated heterocycles. The molecule has 0 saturated carbocycles. The lowest BCUT2D eigenvalue weighted by atomic mass is 10.2. The number of esters is 1. The molecule has 0 atom stereocenters. The molecule has 2 aromatic rings. The monoisotopic (exact) mass is 248 g/mol. The van der Waals surface area contributed by atoms with Crippen LogP contribution < -0.4 is 11.2 Å². The van der Waals surface area contributed by atoms with Crippen molar-refractivity contribution in [2.24, 2.45) is 7.05 Å². The molecule has 0 spiro atoms. The average Bonchev–Trinajstić information content (AvgIpc) is 2.40. The molecule has 0 radical (unpaired) electrons. The van der Waals surface area contributed by atoms with Gasteiger partial charge in [-0.25, -0.2) is 9.36 Å². The van der Waals surface area contributed by atoms with E-state index in [2.05, 4.69) is 4.74 Å². The molecule has 6 heteroatoms. The Hall–Kier alpha value is -2.37. The normalized spacial score (nSPS) is 10.6. The van der Waals surface area contributed by atoms with E-state index in [1.165, 1.54) is 11.7 Å². The highest BCUT2D eigenvalue weighted by atomic mass is 16.5. The summed E-state index contributed by atoms with van der Waals surface area (Å²) in [6, 6.07) is 6.74. The Kier molecular flexibility index (Phi) is 3.01. The molecule has 0 aliphatic carbocycles. The topological polar surface area (TPSA) is 70.3 Å². The van der Waals surface area contributed by atoms with E-state index in [0.29, 0.717) is 10.9 Å². The van der Waals surface area contributed by atoms with Crippen LogP contribution in [0.4, 0.5) is 0 Å². The minimum Gasteiger partial charge on any atom is -0.468 e. The molecule has 1 heterocycles. The predicted octanol–water partition coefficient (Wildman–Crippen LogP) is -0.127. The van der Waals surface area contributed by atoms with Gasteiger partial charge in [0.1, 0.15) is 6.54 Å². The van der Waals surface area contributed by atoms with Crippen LogP contribution in [0.2, 0.25) is 0 Å². The van der Waals surface area contributed by atoms with Crippen LogP contribution in [0.25, 0.3) is 10.9 Å². The van der Waals surface area contributed by atoms with Crippen LogP contribution in [0.5, 0.6) is 0 Å². The zero-order valence-electron chi connectivity index (χ0n) is 10.0. The van der Waals surface area contributed by atoms with Crippen molar-refractivity contribution in [1.82, 2.24) is 9.13 Å². The van der Waals surface area contributed by atoms with Gasteiger partial charge in [-0.15, -0.1) is 0 Å². The van der Waals surface area contributed by atoms with Gasteiger partial charge in [-0.3, -0.25) is 14.2 Å². The second-order valence-corrected chi connectivity index (χ2v) is 3.83. The molecule has 2 rings (SSSR count). The summed E-state index contributed by atoms with van der Waals surface area (Å²) in [6.45, 7) is -0.382. The van der Waals surface area contributed by atoms with E-state index in [-0.39, 0.29) is 6.54 Å². The van der Waals surface area contributed by atoms with Gasteiger partial charge in [0.05, 0.1) is 18.0 Å². The van der Waals surface area contributed by atoms with Crippen LogP contribution in [0.15, 0.2) is 33.9 Å². The standard InChI is InChI=1S/C12H12N2O4/c1-13-9-6-4-3-5-8(9)11(16)14(12(13)17)7-10(15)18-2/h3-6H,7H2,1-2H3. The van der Waals surface area contributed by atoms with E-state index >= 15 is 0 Å². The van der Waals surface area contributed by atoms with Crippen molar-refractivity contribution in [3.8, 4) is 0 Å². The van der Waals surface area contributed by atoms with Crippen LogP contribution in [0.1, 0.15) is 0 Å². The number of hydrogen-bond donors (Lipinski definition) is 0. The maximum Gasteiger partial charge on any atom is 0.331 e. The molecule has 18 heavy (non-hydrogen) atoms. The van der Waals surface area contributed by atoms with Gasteiger partial charge in [-0.05, 0) is 12.1 Å². The largest absolute Gasteiger partial charge is 0.468 e. The van der Waals surface area contributed by atoms with Gasteiger partial charge in [-0.1, -0.05) is 12.1 Å². The lowest BCUT2D eigenvalue weighted by Crippen LogP contribution is -2.41.